The second-order valence-corrected chi connectivity index (χ2v) is 12.7. The van der Waals surface area contributed by atoms with E-state index in [1.165, 1.54) is 24.5 Å². The molecule has 0 fully saturated rings. The van der Waals surface area contributed by atoms with E-state index in [0.717, 1.165) is 0 Å². The Hall–Kier alpha value is -2.57. The van der Waals surface area contributed by atoms with Crippen molar-refractivity contribution in [2.24, 2.45) is 11.8 Å². The quantitative estimate of drug-likeness (QED) is 0.187. The molecule has 1 heterocycles. The van der Waals surface area contributed by atoms with Crippen LogP contribution in [0.15, 0.2) is 24.5 Å². The molecule has 0 spiro atoms. The van der Waals surface area contributed by atoms with Crippen LogP contribution >= 0.6 is 0 Å². The molecule has 1 unspecified atom stereocenters. The van der Waals surface area contributed by atoms with Crippen LogP contribution < -0.4 is 16.0 Å². The molecule has 0 radical (unpaired) electrons. The summed E-state index contributed by atoms with van der Waals surface area (Å²) in [6.07, 6.45) is 0.718. The van der Waals surface area contributed by atoms with E-state index >= 15 is 0 Å². The first-order valence-corrected chi connectivity index (χ1v) is 14.9. The van der Waals surface area contributed by atoms with Crippen molar-refractivity contribution < 1.29 is 33.0 Å². The summed E-state index contributed by atoms with van der Waals surface area (Å²) >= 11 is 0. The molecule has 1 aromatic rings. The number of amides is 3. The number of hydrogen-bond donors (Lipinski definition) is 5. The first kappa shape index (κ1) is 33.5. The fourth-order valence-corrected chi connectivity index (χ4v) is 5.30. The minimum absolute atomic E-state index is 0.0198. The van der Waals surface area contributed by atoms with E-state index in [1.54, 1.807) is 0 Å². The van der Waals surface area contributed by atoms with Crippen molar-refractivity contribution in [2.45, 2.75) is 84.6 Å². The number of aliphatic hydroxyl groups excluding tert-OH is 2. The number of carbonyl (C=O) groups excluding carboxylic acids is 3. The van der Waals surface area contributed by atoms with Crippen LogP contribution in [0.5, 0.6) is 0 Å². The number of rotatable bonds is 17. The lowest BCUT2D eigenvalue weighted by atomic mass is 9.94. The summed E-state index contributed by atoms with van der Waals surface area (Å²) in [5, 5.41) is 29.1. The maximum Gasteiger partial charge on any atom is 0.253 e. The summed E-state index contributed by atoms with van der Waals surface area (Å²) in [4.78, 5) is 42.1. The summed E-state index contributed by atoms with van der Waals surface area (Å²) < 4.78 is 25.4. The van der Waals surface area contributed by atoms with E-state index in [9.17, 15) is 33.0 Å². The largest absolute Gasteiger partial charge is 0.390 e. The number of aromatic nitrogens is 1. The minimum Gasteiger partial charge on any atom is -0.390 e. The maximum absolute atomic E-state index is 13.3. The molecule has 0 aromatic carbocycles. The summed E-state index contributed by atoms with van der Waals surface area (Å²) in [7, 11) is -3.70. The summed E-state index contributed by atoms with van der Waals surface area (Å²) in [6.45, 7) is 9.81. The van der Waals surface area contributed by atoms with Crippen LogP contribution in [-0.4, -0.2) is 83.7 Å². The van der Waals surface area contributed by atoms with Gasteiger partial charge in [-0.05, 0) is 36.8 Å². The van der Waals surface area contributed by atoms with E-state index in [2.05, 4.69) is 20.9 Å². The van der Waals surface area contributed by atoms with Gasteiger partial charge in [-0.3, -0.25) is 19.4 Å². The van der Waals surface area contributed by atoms with Gasteiger partial charge in [0.1, 0.15) is 12.1 Å². The van der Waals surface area contributed by atoms with Gasteiger partial charge in [-0.15, -0.1) is 0 Å². The number of unbranched alkanes of at least 4 members (excludes halogenated alkanes) is 1. The number of hydrogen-bond acceptors (Lipinski definition) is 8. The van der Waals surface area contributed by atoms with Gasteiger partial charge in [0.2, 0.25) is 11.8 Å². The Morgan fingerprint density at radius 1 is 1.05 bits per heavy atom. The third-order valence-corrected chi connectivity index (χ3v) is 7.49. The molecule has 0 aliphatic rings. The van der Waals surface area contributed by atoms with Crippen LogP contribution in [0.3, 0.4) is 0 Å². The van der Waals surface area contributed by atoms with E-state index in [-0.39, 0.29) is 36.0 Å². The van der Waals surface area contributed by atoms with Gasteiger partial charge in [0.15, 0.2) is 9.84 Å². The maximum atomic E-state index is 13.3. The molecule has 0 saturated carbocycles. The highest BCUT2D eigenvalue weighted by Crippen LogP contribution is 2.14. The predicted octanol–water partition coefficient (Wildman–Crippen LogP) is 0.810. The van der Waals surface area contributed by atoms with Crippen LogP contribution in [0, 0.1) is 11.8 Å². The molecule has 0 aliphatic carbocycles. The smallest absolute Gasteiger partial charge is 0.253 e. The molecule has 0 saturated heterocycles. The Balaban J connectivity index is 3.09. The number of pyridine rings is 1. The van der Waals surface area contributed by atoms with Gasteiger partial charge in [-0.25, -0.2) is 8.42 Å². The monoisotopic (exact) mass is 556 g/mol. The molecule has 5 N–H and O–H groups in total. The van der Waals surface area contributed by atoms with E-state index in [0.29, 0.717) is 19.4 Å². The van der Waals surface area contributed by atoms with Gasteiger partial charge < -0.3 is 26.2 Å². The van der Waals surface area contributed by atoms with Crippen LogP contribution in [0.1, 0.15) is 70.7 Å². The number of nitrogens with one attached hydrogen (secondary N) is 3. The van der Waals surface area contributed by atoms with Crippen LogP contribution in [0.4, 0.5) is 0 Å². The number of aliphatic hydroxyl groups is 2. The Kier molecular flexibility index (Phi) is 14.4. The molecule has 12 heteroatoms. The predicted molar refractivity (Wildman–Crippen MR) is 145 cm³/mol. The van der Waals surface area contributed by atoms with E-state index < -0.39 is 57.6 Å². The molecular weight excluding hydrogens is 512 g/mol. The van der Waals surface area contributed by atoms with Gasteiger partial charge >= 0.3 is 0 Å². The lowest BCUT2D eigenvalue weighted by Crippen LogP contribution is -2.57. The van der Waals surface area contributed by atoms with E-state index in [4.69, 9.17) is 0 Å². The minimum atomic E-state index is -3.70. The third kappa shape index (κ3) is 12.8. The van der Waals surface area contributed by atoms with Gasteiger partial charge in [0.25, 0.3) is 5.91 Å². The average Bonchev–Trinajstić information content (AvgIpc) is 2.85. The van der Waals surface area contributed by atoms with Crippen molar-refractivity contribution in [2.75, 3.05) is 18.1 Å². The van der Waals surface area contributed by atoms with Crippen molar-refractivity contribution >= 4 is 27.6 Å². The molecule has 1 aromatic heterocycles. The Morgan fingerprint density at radius 3 is 2.29 bits per heavy atom. The van der Waals surface area contributed by atoms with Crippen molar-refractivity contribution in [1.29, 1.82) is 0 Å². The zero-order valence-electron chi connectivity index (χ0n) is 23.0. The molecule has 216 valence electrons. The molecule has 38 heavy (non-hydrogen) atoms. The second kappa shape index (κ2) is 16.4. The van der Waals surface area contributed by atoms with Gasteiger partial charge in [0.05, 0.1) is 35.6 Å². The standard InChI is InChI=1S/C26H44N4O7S/c1-6-7-11-38(36,37)16-21(30-25(34)19-9-8-10-27-15-19)26(35)29-20(12-17(2)3)24(33)22(31)13-23(32)28-14-18(4)5/h8-10,15,17-18,20-22,24,31,33H,6-7,11-14,16H2,1-5H3,(H,28,32)(H,29,35)(H,30,34)/t20-,21?,22+,24+/m0/s1. The number of carbonyl (C=O) groups is 3. The van der Waals surface area contributed by atoms with E-state index in [1.807, 2.05) is 34.6 Å². The number of sulfone groups is 1. The molecule has 11 nitrogen and oxygen atoms in total. The Bertz CT molecular complexity index is 987. The molecule has 4 atom stereocenters. The zero-order valence-corrected chi connectivity index (χ0v) is 23.8. The second-order valence-electron chi connectivity index (χ2n) is 10.4. The van der Waals surface area contributed by atoms with Gasteiger partial charge in [0, 0.05) is 18.9 Å². The van der Waals surface area contributed by atoms with Gasteiger partial charge in [-0.2, -0.15) is 0 Å². The van der Waals surface area contributed by atoms with Crippen LogP contribution in [0.2, 0.25) is 0 Å². The summed E-state index contributed by atoms with van der Waals surface area (Å²) in [5.74, 6) is -2.51. The first-order valence-electron chi connectivity index (χ1n) is 13.1. The highest BCUT2D eigenvalue weighted by atomic mass is 32.2. The normalized spacial score (nSPS) is 15.0. The fraction of sp³-hybridized carbons (Fsp3) is 0.692. The lowest BCUT2D eigenvalue weighted by molar-refractivity contribution is -0.127. The van der Waals surface area contributed by atoms with Crippen molar-refractivity contribution in [3.8, 4) is 0 Å². The SMILES string of the molecule is CCCCS(=O)(=O)CC(NC(=O)c1cccnc1)C(=O)N[C@@H](CC(C)C)[C@@H](O)[C@H](O)CC(=O)NCC(C)C. The lowest BCUT2D eigenvalue weighted by Gasteiger charge is -2.30. The highest BCUT2D eigenvalue weighted by Gasteiger charge is 2.34. The Labute approximate surface area is 226 Å². The van der Waals surface area contributed by atoms with Crippen LogP contribution in [-0.2, 0) is 19.4 Å². The van der Waals surface area contributed by atoms with Gasteiger partial charge in [-0.1, -0.05) is 41.0 Å². The van der Waals surface area contributed by atoms with Crippen LogP contribution in [0.25, 0.3) is 0 Å². The highest BCUT2D eigenvalue weighted by molar-refractivity contribution is 7.91. The molecule has 1 rings (SSSR count). The zero-order chi connectivity index (χ0) is 28.9. The third-order valence-electron chi connectivity index (χ3n) is 5.74. The van der Waals surface area contributed by atoms with Crippen molar-refractivity contribution in [3.05, 3.63) is 30.1 Å². The first-order chi connectivity index (χ1) is 17.8. The molecular formula is C26H44N4O7S. The summed E-state index contributed by atoms with van der Waals surface area (Å²) in [5.41, 5.74) is 0.151. The molecule has 0 aliphatic heterocycles. The fourth-order valence-electron chi connectivity index (χ4n) is 3.67. The molecule has 3 amide bonds. The van der Waals surface area contributed by atoms with Crippen molar-refractivity contribution in [3.63, 3.8) is 0 Å². The number of nitrogens with zero attached hydrogens (tertiary/aromatic N) is 1. The van der Waals surface area contributed by atoms with Crippen molar-refractivity contribution in [1.82, 2.24) is 20.9 Å². The molecule has 0 bridgehead atoms. The topological polar surface area (TPSA) is 175 Å². The summed E-state index contributed by atoms with van der Waals surface area (Å²) in [6, 6.07) is 0.578. The Morgan fingerprint density at radius 2 is 1.74 bits per heavy atom. The average molecular weight is 557 g/mol.